The van der Waals surface area contributed by atoms with Gasteiger partial charge < -0.3 is 10.6 Å². The predicted molar refractivity (Wildman–Crippen MR) is 90.1 cm³/mol. The van der Waals surface area contributed by atoms with E-state index in [0.29, 0.717) is 11.5 Å². The van der Waals surface area contributed by atoms with Crippen LogP contribution in [0, 0.1) is 5.41 Å². The van der Waals surface area contributed by atoms with E-state index < -0.39 is 5.41 Å². The molecule has 0 spiro atoms. The molecular weight excluding hydrogens is 280 g/mol. The number of nitrogens with two attached hydrogens (primary N) is 1. The zero-order valence-corrected chi connectivity index (χ0v) is 13.5. The molecule has 114 valence electrons. The molecule has 1 aliphatic rings. The van der Waals surface area contributed by atoms with Crippen molar-refractivity contribution in [3.63, 3.8) is 0 Å². The maximum absolute atomic E-state index is 12.8. The van der Waals surface area contributed by atoms with Crippen molar-refractivity contribution in [1.82, 2.24) is 4.90 Å². The number of amides is 1. The van der Waals surface area contributed by atoms with E-state index in [1.54, 1.807) is 4.90 Å². The highest BCUT2D eigenvalue weighted by Crippen LogP contribution is 2.38. The van der Waals surface area contributed by atoms with Crippen LogP contribution in [-0.4, -0.2) is 29.4 Å². The molecule has 21 heavy (non-hydrogen) atoms. The lowest BCUT2D eigenvalue weighted by Gasteiger charge is -2.37. The number of nitrogens with zero attached hydrogens (tertiary/aromatic N) is 1. The molecule has 0 heterocycles. The second-order valence-electron chi connectivity index (χ2n) is 5.97. The van der Waals surface area contributed by atoms with Gasteiger partial charge >= 0.3 is 0 Å². The fourth-order valence-corrected chi connectivity index (χ4v) is 3.42. The summed E-state index contributed by atoms with van der Waals surface area (Å²) in [5.41, 5.74) is 6.57. The Morgan fingerprint density at radius 2 is 1.86 bits per heavy atom. The van der Waals surface area contributed by atoms with Crippen molar-refractivity contribution in [2.75, 3.05) is 13.6 Å². The number of rotatable bonds is 5. The summed E-state index contributed by atoms with van der Waals surface area (Å²) in [4.78, 5) is 15.0. The lowest BCUT2D eigenvalue weighted by molar-refractivity contribution is -0.138. The summed E-state index contributed by atoms with van der Waals surface area (Å²) in [6.07, 6.45) is 5.71. The van der Waals surface area contributed by atoms with E-state index in [1.807, 2.05) is 25.2 Å². The fourth-order valence-electron chi connectivity index (χ4n) is 3.13. The first kappa shape index (κ1) is 16.0. The third kappa shape index (κ3) is 3.62. The second kappa shape index (κ2) is 7.03. The molecule has 2 N–H and O–H groups in total. The standard InChI is InChI=1S/C17H24N2OS/c1-19(13-10-14-8-4-2-5-9-14)16(20)17(15(18)21)11-6-3-7-12-17/h2,4-5,8-9H,3,6-7,10-13H2,1H3,(H2,18,21). The first-order valence-corrected chi connectivity index (χ1v) is 8.06. The van der Waals surface area contributed by atoms with Gasteiger partial charge in [-0.25, -0.2) is 0 Å². The molecule has 1 aliphatic carbocycles. The van der Waals surface area contributed by atoms with Crippen molar-refractivity contribution >= 4 is 23.1 Å². The molecule has 0 unspecified atom stereocenters. The van der Waals surface area contributed by atoms with E-state index in [2.05, 4.69) is 12.1 Å². The average molecular weight is 304 g/mol. The Hall–Kier alpha value is -1.42. The van der Waals surface area contributed by atoms with Crippen molar-refractivity contribution in [2.45, 2.75) is 38.5 Å². The van der Waals surface area contributed by atoms with Crippen molar-refractivity contribution in [3.8, 4) is 0 Å². The number of likely N-dealkylation sites (N-methyl/N-ethyl adjacent to an activating group) is 1. The molecule has 1 fully saturated rings. The van der Waals surface area contributed by atoms with Gasteiger partial charge in [-0.05, 0) is 24.8 Å². The van der Waals surface area contributed by atoms with Gasteiger partial charge in [-0.15, -0.1) is 0 Å². The molecule has 0 saturated heterocycles. The largest absolute Gasteiger partial charge is 0.392 e. The second-order valence-corrected chi connectivity index (χ2v) is 6.41. The number of carbonyl (C=O) groups is 1. The average Bonchev–Trinajstić information content (AvgIpc) is 2.53. The normalized spacial score (nSPS) is 17.2. The Balaban J connectivity index is 2.01. The van der Waals surface area contributed by atoms with Gasteiger partial charge in [0.25, 0.3) is 0 Å². The van der Waals surface area contributed by atoms with Gasteiger partial charge in [0, 0.05) is 13.6 Å². The van der Waals surface area contributed by atoms with E-state index >= 15 is 0 Å². The summed E-state index contributed by atoms with van der Waals surface area (Å²) in [5.74, 6) is 0.102. The first-order valence-electron chi connectivity index (χ1n) is 7.66. The number of hydrogen-bond acceptors (Lipinski definition) is 2. The maximum atomic E-state index is 12.8. The van der Waals surface area contributed by atoms with Crippen LogP contribution in [0.3, 0.4) is 0 Å². The zero-order valence-electron chi connectivity index (χ0n) is 12.7. The zero-order chi connectivity index (χ0) is 15.3. The van der Waals surface area contributed by atoms with Crippen LogP contribution in [0.15, 0.2) is 30.3 Å². The smallest absolute Gasteiger partial charge is 0.235 e. The molecule has 0 bridgehead atoms. The summed E-state index contributed by atoms with van der Waals surface area (Å²) >= 11 is 5.23. The monoisotopic (exact) mass is 304 g/mol. The minimum atomic E-state index is -0.598. The first-order chi connectivity index (χ1) is 10.1. The SMILES string of the molecule is CN(CCc1ccccc1)C(=O)C1(C(N)=S)CCCCC1. The summed E-state index contributed by atoms with van der Waals surface area (Å²) in [5, 5.41) is 0. The highest BCUT2D eigenvalue weighted by Gasteiger charge is 2.43. The Morgan fingerprint density at radius 1 is 1.24 bits per heavy atom. The third-order valence-electron chi connectivity index (χ3n) is 4.51. The number of hydrogen-bond donors (Lipinski definition) is 1. The minimum Gasteiger partial charge on any atom is -0.392 e. The molecule has 0 aromatic heterocycles. The Morgan fingerprint density at radius 3 is 2.43 bits per heavy atom. The number of benzene rings is 1. The highest BCUT2D eigenvalue weighted by molar-refractivity contribution is 7.80. The van der Waals surface area contributed by atoms with Gasteiger partial charge in [-0.2, -0.15) is 0 Å². The topological polar surface area (TPSA) is 46.3 Å². The Kier molecular flexibility index (Phi) is 5.34. The lowest BCUT2D eigenvalue weighted by atomic mass is 9.73. The van der Waals surface area contributed by atoms with Crippen molar-refractivity contribution < 1.29 is 4.79 Å². The van der Waals surface area contributed by atoms with Crippen molar-refractivity contribution in [1.29, 1.82) is 0 Å². The summed E-state index contributed by atoms with van der Waals surface area (Å²) < 4.78 is 0. The summed E-state index contributed by atoms with van der Waals surface area (Å²) in [7, 11) is 1.86. The van der Waals surface area contributed by atoms with Gasteiger partial charge in [-0.1, -0.05) is 61.8 Å². The quantitative estimate of drug-likeness (QED) is 0.851. The van der Waals surface area contributed by atoms with E-state index in [4.69, 9.17) is 18.0 Å². The number of carbonyl (C=O) groups excluding carboxylic acids is 1. The van der Waals surface area contributed by atoms with Gasteiger partial charge in [0.2, 0.25) is 5.91 Å². The third-order valence-corrected chi connectivity index (χ3v) is 4.90. The molecule has 4 heteroatoms. The van der Waals surface area contributed by atoms with Crippen LogP contribution in [0.2, 0.25) is 0 Å². The molecule has 1 saturated carbocycles. The van der Waals surface area contributed by atoms with Gasteiger partial charge in [0.1, 0.15) is 0 Å². The predicted octanol–water partition coefficient (Wildman–Crippen LogP) is 2.92. The van der Waals surface area contributed by atoms with E-state index in [-0.39, 0.29) is 5.91 Å². The van der Waals surface area contributed by atoms with Gasteiger partial charge in [-0.3, -0.25) is 4.79 Å². The van der Waals surface area contributed by atoms with Crippen LogP contribution in [0.1, 0.15) is 37.7 Å². The van der Waals surface area contributed by atoms with Crippen LogP contribution >= 0.6 is 12.2 Å². The van der Waals surface area contributed by atoms with Crippen LogP contribution in [0.4, 0.5) is 0 Å². The molecule has 3 nitrogen and oxygen atoms in total. The van der Waals surface area contributed by atoms with E-state index in [9.17, 15) is 4.79 Å². The Labute approximate surface area is 132 Å². The van der Waals surface area contributed by atoms with Crippen molar-refractivity contribution in [2.24, 2.45) is 11.1 Å². The minimum absolute atomic E-state index is 0.102. The summed E-state index contributed by atoms with van der Waals surface area (Å²) in [6, 6.07) is 10.2. The lowest BCUT2D eigenvalue weighted by Crippen LogP contribution is -2.50. The molecule has 2 rings (SSSR count). The van der Waals surface area contributed by atoms with Crippen LogP contribution < -0.4 is 5.73 Å². The van der Waals surface area contributed by atoms with Crippen LogP contribution in [0.5, 0.6) is 0 Å². The van der Waals surface area contributed by atoms with Crippen molar-refractivity contribution in [3.05, 3.63) is 35.9 Å². The van der Waals surface area contributed by atoms with Crippen LogP contribution in [-0.2, 0) is 11.2 Å². The molecule has 0 aliphatic heterocycles. The van der Waals surface area contributed by atoms with E-state index in [0.717, 1.165) is 32.1 Å². The molecular formula is C17H24N2OS. The van der Waals surface area contributed by atoms with Gasteiger partial charge in [0.15, 0.2) is 0 Å². The summed E-state index contributed by atoms with van der Waals surface area (Å²) in [6.45, 7) is 0.702. The van der Waals surface area contributed by atoms with E-state index in [1.165, 1.54) is 12.0 Å². The molecule has 1 amide bonds. The number of thiocarbonyl (C=S) groups is 1. The van der Waals surface area contributed by atoms with Gasteiger partial charge in [0.05, 0.1) is 10.4 Å². The molecule has 1 aromatic carbocycles. The molecule has 0 radical (unpaired) electrons. The fraction of sp³-hybridized carbons (Fsp3) is 0.529. The maximum Gasteiger partial charge on any atom is 0.235 e. The highest BCUT2D eigenvalue weighted by atomic mass is 32.1. The molecule has 0 atom stereocenters. The Bertz CT molecular complexity index is 495. The van der Waals surface area contributed by atoms with Crippen LogP contribution in [0.25, 0.3) is 0 Å². The molecule has 1 aromatic rings.